The molecular formula is C63H41N5Si. The summed E-state index contributed by atoms with van der Waals surface area (Å²) in [5, 5.41) is 12.4. The van der Waals surface area contributed by atoms with Crippen molar-refractivity contribution in [1.82, 2.24) is 23.9 Å². The first-order chi connectivity index (χ1) is 34.3. The Morgan fingerprint density at radius 2 is 0.754 bits per heavy atom. The predicted molar refractivity (Wildman–Crippen MR) is 289 cm³/mol. The first-order valence-corrected chi connectivity index (χ1v) is 25.5. The van der Waals surface area contributed by atoms with Crippen LogP contribution in [-0.4, -0.2) is 32.0 Å². The van der Waals surface area contributed by atoms with Crippen molar-refractivity contribution in [3.05, 3.63) is 249 Å². The van der Waals surface area contributed by atoms with Crippen LogP contribution in [-0.2, 0) is 0 Å². The van der Waals surface area contributed by atoms with Crippen LogP contribution in [0.25, 0.3) is 99.8 Å². The Hall–Kier alpha value is -8.97. The van der Waals surface area contributed by atoms with Crippen LogP contribution >= 0.6 is 0 Å². The third-order valence-corrected chi connectivity index (χ3v) is 19.1. The third kappa shape index (κ3) is 5.86. The number of hydrogen-bond donors (Lipinski definition) is 0. The Bertz CT molecular complexity index is 4100. The summed E-state index contributed by atoms with van der Waals surface area (Å²) in [6, 6.07) is 90.0. The lowest BCUT2D eigenvalue weighted by Gasteiger charge is -2.34. The second-order valence-corrected chi connectivity index (χ2v) is 21.7. The fourth-order valence-electron chi connectivity index (χ4n) is 11.4. The van der Waals surface area contributed by atoms with Crippen LogP contribution in [0.5, 0.6) is 0 Å². The summed E-state index contributed by atoms with van der Waals surface area (Å²) in [4.78, 5) is 16.6. The van der Waals surface area contributed by atoms with Gasteiger partial charge in [0, 0.05) is 43.4 Å². The highest BCUT2D eigenvalue weighted by Crippen LogP contribution is 2.44. The normalized spacial score (nSPS) is 12.1. The fourth-order valence-corrected chi connectivity index (χ4v) is 16.2. The molecule has 14 aromatic rings. The fraction of sp³-hybridized carbons (Fsp3) is 0. The first-order valence-electron chi connectivity index (χ1n) is 23.5. The molecule has 0 saturated carbocycles. The zero-order chi connectivity index (χ0) is 45.5. The van der Waals surface area contributed by atoms with Gasteiger partial charge in [0.25, 0.3) is 0 Å². The maximum absolute atomic E-state index is 5.55. The van der Waals surface area contributed by atoms with Gasteiger partial charge in [-0.2, -0.15) is 9.97 Å². The molecule has 6 heteroatoms. The average molecular weight is 896 g/mol. The molecule has 4 aromatic heterocycles. The molecule has 14 rings (SSSR count). The van der Waals surface area contributed by atoms with Crippen molar-refractivity contribution in [3.63, 3.8) is 0 Å². The van der Waals surface area contributed by atoms with Crippen LogP contribution in [0.15, 0.2) is 249 Å². The monoisotopic (exact) mass is 895 g/mol. The van der Waals surface area contributed by atoms with Gasteiger partial charge < -0.3 is 4.40 Å². The van der Waals surface area contributed by atoms with Crippen molar-refractivity contribution in [2.45, 2.75) is 0 Å². The van der Waals surface area contributed by atoms with Gasteiger partial charge in [0.05, 0.1) is 27.6 Å². The largest absolute Gasteiger partial charge is 0.308 e. The molecule has 0 aliphatic heterocycles. The Labute approximate surface area is 399 Å². The summed E-state index contributed by atoms with van der Waals surface area (Å²) in [5.74, 6) is 1.78. The molecule has 4 heterocycles. The molecule has 0 bridgehead atoms. The molecule has 0 spiro atoms. The molecule has 0 N–H and O–H groups in total. The maximum atomic E-state index is 5.55. The molecule has 69 heavy (non-hydrogen) atoms. The summed E-state index contributed by atoms with van der Waals surface area (Å²) in [6.45, 7) is 0. The van der Waals surface area contributed by atoms with Crippen molar-refractivity contribution < 1.29 is 0 Å². The lowest BCUT2D eigenvalue weighted by molar-refractivity contribution is 0.954. The number of benzene rings is 10. The number of hydrogen-bond acceptors (Lipinski definition) is 3. The van der Waals surface area contributed by atoms with E-state index in [4.69, 9.17) is 15.0 Å². The highest BCUT2D eigenvalue weighted by Gasteiger charge is 2.41. The Kier molecular flexibility index (Phi) is 8.84. The van der Waals surface area contributed by atoms with Crippen molar-refractivity contribution in [1.29, 1.82) is 0 Å². The van der Waals surface area contributed by atoms with Gasteiger partial charge in [0.2, 0.25) is 5.95 Å². The topological polar surface area (TPSA) is 48.0 Å². The van der Waals surface area contributed by atoms with E-state index in [1.165, 1.54) is 58.8 Å². The number of rotatable bonds is 8. The Morgan fingerprint density at radius 1 is 0.304 bits per heavy atom. The number of para-hydroxylation sites is 4. The summed E-state index contributed by atoms with van der Waals surface area (Å²) in [7, 11) is -2.88. The van der Waals surface area contributed by atoms with Crippen molar-refractivity contribution in [2.75, 3.05) is 0 Å². The molecule has 0 aliphatic carbocycles. The van der Waals surface area contributed by atoms with E-state index in [0.717, 1.165) is 44.1 Å². The number of aromatic nitrogens is 5. The van der Waals surface area contributed by atoms with Gasteiger partial charge in [-0.05, 0) is 56.1 Å². The van der Waals surface area contributed by atoms with Crippen LogP contribution in [0.1, 0.15) is 0 Å². The Morgan fingerprint density at radius 3 is 1.41 bits per heavy atom. The molecule has 0 aliphatic rings. The summed E-state index contributed by atoms with van der Waals surface area (Å²) in [5.41, 5.74) is 9.76. The SMILES string of the molecule is c1ccc([Si](c2ccccc2)(c2ccccc2)c2cccc(-c3nc(-c4ccccc4-c4cccc5c4c4cccc6c7ccccc7n5c64)nc(-n4c5ccccc5c5ccccc54)n3)c2)cc1. The van der Waals surface area contributed by atoms with Gasteiger partial charge in [0.1, 0.15) is 0 Å². The van der Waals surface area contributed by atoms with E-state index in [0.29, 0.717) is 17.6 Å². The molecule has 0 saturated heterocycles. The lowest BCUT2D eigenvalue weighted by Crippen LogP contribution is -2.74. The van der Waals surface area contributed by atoms with Crippen LogP contribution in [0.2, 0.25) is 0 Å². The molecule has 0 unspecified atom stereocenters. The van der Waals surface area contributed by atoms with E-state index in [1.807, 2.05) is 0 Å². The third-order valence-electron chi connectivity index (χ3n) is 14.3. The molecular weight excluding hydrogens is 855 g/mol. The molecule has 0 atom stereocenters. The molecule has 5 nitrogen and oxygen atoms in total. The predicted octanol–water partition coefficient (Wildman–Crippen LogP) is 12.5. The van der Waals surface area contributed by atoms with E-state index in [9.17, 15) is 0 Å². The Balaban J connectivity index is 1.04. The van der Waals surface area contributed by atoms with Crippen LogP contribution in [0.3, 0.4) is 0 Å². The van der Waals surface area contributed by atoms with Crippen molar-refractivity contribution >= 4 is 88.7 Å². The van der Waals surface area contributed by atoms with Crippen molar-refractivity contribution in [2.24, 2.45) is 0 Å². The molecule has 0 fully saturated rings. The molecule has 0 radical (unpaired) electrons. The maximum Gasteiger partial charge on any atom is 0.238 e. The van der Waals surface area contributed by atoms with E-state index < -0.39 is 8.07 Å². The smallest absolute Gasteiger partial charge is 0.238 e. The highest BCUT2D eigenvalue weighted by atomic mass is 28.3. The van der Waals surface area contributed by atoms with Gasteiger partial charge in [-0.3, -0.25) is 4.57 Å². The summed E-state index contributed by atoms with van der Waals surface area (Å²) >= 11 is 0. The summed E-state index contributed by atoms with van der Waals surface area (Å²) in [6.07, 6.45) is 0. The molecule has 322 valence electrons. The van der Waals surface area contributed by atoms with Gasteiger partial charge in [-0.1, -0.05) is 224 Å². The van der Waals surface area contributed by atoms with E-state index in [2.05, 4.69) is 258 Å². The molecule has 0 amide bonds. The summed E-state index contributed by atoms with van der Waals surface area (Å²) < 4.78 is 4.65. The minimum atomic E-state index is -2.88. The first kappa shape index (κ1) is 39.2. The van der Waals surface area contributed by atoms with Gasteiger partial charge in [-0.15, -0.1) is 0 Å². The zero-order valence-electron chi connectivity index (χ0n) is 37.4. The quantitative estimate of drug-likeness (QED) is 0.113. The van der Waals surface area contributed by atoms with Gasteiger partial charge in [0.15, 0.2) is 19.7 Å². The van der Waals surface area contributed by atoms with Crippen LogP contribution < -0.4 is 20.7 Å². The van der Waals surface area contributed by atoms with E-state index >= 15 is 0 Å². The van der Waals surface area contributed by atoms with Gasteiger partial charge >= 0.3 is 0 Å². The highest BCUT2D eigenvalue weighted by molar-refractivity contribution is 7.19. The van der Waals surface area contributed by atoms with Crippen LogP contribution in [0.4, 0.5) is 0 Å². The molecule has 10 aromatic carbocycles. The standard InChI is InChI=1S/C63H41N5Si/c1-4-22-43(23-5-1)69(44-24-6-2-7-25-44,45-26-8-3-9-27-45)46-28-18-21-42(41-46)61-64-62(66-63(65-61)68-56-38-16-12-30-48(56)49-31-13-17-39-57(49)68)53-33-11-10-29-47(53)51-34-20-40-58-59(51)54-36-19-35-52-50-32-14-15-37-55(50)67(58)60(52)54/h1-41H. The number of fused-ring (bicyclic) bond motifs is 9. The second-order valence-electron chi connectivity index (χ2n) is 17.9. The second kappa shape index (κ2) is 15.6. The van der Waals surface area contributed by atoms with E-state index in [-0.39, 0.29) is 0 Å². The van der Waals surface area contributed by atoms with Crippen molar-refractivity contribution in [3.8, 4) is 39.9 Å². The average Bonchev–Trinajstić information content (AvgIpc) is 4.08. The minimum absolute atomic E-state index is 0.566. The van der Waals surface area contributed by atoms with Gasteiger partial charge in [-0.25, -0.2) is 4.98 Å². The lowest BCUT2D eigenvalue weighted by atomic mass is 9.94. The van der Waals surface area contributed by atoms with E-state index in [1.54, 1.807) is 0 Å². The van der Waals surface area contributed by atoms with Crippen LogP contribution in [0, 0.1) is 0 Å². The number of nitrogens with zero attached hydrogens (tertiary/aromatic N) is 5. The zero-order valence-corrected chi connectivity index (χ0v) is 38.4. The minimum Gasteiger partial charge on any atom is -0.308 e.